The summed E-state index contributed by atoms with van der Waals surface area (Å²) < 4.78 is 24.9. The molecule has 1 amide bonds. The van der Waals surface area contributed by atoms with Crippen molar-refractivity contribution in [2.75, 3.05) is 13.7 Å². The smallest absolute Gasteiger partial charge is 0.328 e. The van der Waals surface area contributed by atoms with Gasteiger partial charge in [-0.2, -0.15) is 0 Å². The molecule has 0 saturated carbocycles. The molecule has 2 atom stereocenters. The van der Waals surface area contributed by atoms with Crippen LogP contribution in [0.4, 0.5) is 4.39 Å². The van der Waals surface area contributed by atoms with Crippen LogP contribution in [0.2, 0.25) is 0 Å². The number of amides is 1. The molecule has 0 aromatic heterocycles. The zero-order valence-electron chi connectivity index (χ0n) is 20.6. The van der Waals surface area contributed by atoms with E-state index in [1.165, 1.54) is 24.1 Å². The van der Waals surface area contributed by atoms with E-state index in [0.29, 0.717) is 5.56 Å². The van der Waals surface area contributed by atoms with Gasteiger partial charge in [0.2, 0.25) is 0 Å². The average Bonchev–Trinajstić information content (AvgIpc) is 3.16. The third kappa shape index (κ3) is 5.55. The van der Waals surface area contributed by atoms with Gasteiger partial charge in [-0.3, -0.25) is 4.79 Å². The topological polar surface area (TPSA) is 55.8 Å². The third-order valence-electron chi connectivity index (χ3n) is 6.04. The van der Waals surface area contributed by atoms with Crippen LogP contribution < -0.4 is 4.74 Å². The number of carbonyl (C=O) groups excluding carboxylic acids is 2. The van der Waals surface area contributed by atoms with Crippen LogP contribution in [0.3, 0.4) is 0 Å². The fourth-order valence-electron chi connectivity index (χ4n) is 3.97. The Bertz CT molecular complexity index is 1000. The lowest BCUT2D eigenvalue weighted by Crippen LogP contribution is -2.41. The fourth-order valence-corrected chi connectivity index (χ4v) is 3.97. The van der Waals surface area contributed by atoms with Gasteiger partial charge in [0, 0.05) is 12.0 Å². The maximum Gasteiger partial charge on any atom is 0.328 e. The summed E-state index contributed by atoms with van der Waals surface area (Å²) in [4.78, 5) is 27.7. The van der Waals surface area contributed by atoms with Gasteiger partial charge in [0.1, 0.15) is 12.1 Å². The van der Waals surface area contributed by atoms with Gasteiger partial charge in [-0.1, -0.05) is 59.7 Å². The Kier molecular flexibility index (Phi) is 6.87. The van der Waals surface area contributed by atoms with Crippen molar-refractivity contribution >= 4 is 11.9 Å². The van der Waals surface area contributed by atoms with E-state index in [9.17, 15) is 14.0 Å². The van der Waals surface area contributed by atoms with Gasteiger partial charge >= 0.3 is 5.97 Å². The molecule has 1 saturated heterocycles. The minimum Gasteiger partial charge on any atom is -0.485 e. The minimum atomic E-state index is -0.796. The first kappa shape index (κ1) is 24.7. The van der Waals surface area contributed by atoms with Gasteiger partial charge in [0.05, 0.1) is 13.7 Å². The van der Waals surface area contributed by atoms with Crippen LogP contribution in [0.25, 0.3) is 0 Å². The summed E-state index contributed by atoms with van der Waals surface area (Å²) in [5.74, 6) is -1.15. The summed E-state index contributed by atoms with van der Waals surface area (Å²) in [7, 11) is 1.30. The molecule has 2 aromatic rings. The van der Waals surface area contributed by atoms with Crippen LogP contribution >= 0.6 is 0 Å². The lowest BCUT2D eigenvalue weighted by atomic mass is 9.79. The van der Waals surface area contributed by atoms with Crippen molar-refractivity contribution in [1.82, 2.24) is 4.90 Å². The highest BCUT2D eigenvalue weighted by molar-refractivity contribution is 5.97. The highest BCUT2D eigenvalue weighted by Gasteiger charge is 2.42. The summed E-state index contributed by atoms with van der Waals surface area (Å²) in [6.45, 7) is 12.8. The second-order valence-corrected chi connectivity index (χ2v) is 10.7. The number of nitrogens with zero attached hydrogens (tertiary/aromatic N) is 1. The van der Waals surface area contributed by atoms with Crippen LogP contribution in [0.1, 0.15) is 69.4 Å². The Hall–Kier alpha value is -2.89. The van der Waals surface area contributed by atoms with E-state index in [-0.39, 0.29) is 35.5 Å². The molecule has 1 aliphatic heterocycles. The Morgan fingerprint density at radius 1 is 0.970 bits per heavy atom. The van der Waals surface area contributed by atoms with Crippen molar-refractivity contribution in [2.45, 2.75) is 70.9 Å². The average molecular weight is 456 g/mol. The van der Waals surface area contributed by atoms with E-state index < -0.39 is 23.9 Å². The van der Waals surface area contributed by atoms with Gasteiger partial charge in [-0.25, -0.2) is 9.18 Å². The lowest BCUT2D eigenvalue weighted by molar-refractivity contribution is -0.145. The largest absolute Gasteiger partial charge is 0.485 e. The number of hydrogen-bond acceptors (Lipinski definition) is 4. The number of halogens is 1. The normalized spacial score (nSPS) is 18.8. The molecule has 0 bridgehead atoms. The second kappa shape index (κ2) is 9.16. The van der Waals surface area contributed by atoms with E-state index in [1.807, 2.05) is 12.1 Å². The maximum absolute atomic E-state index is 14.1. The molecule has 6 heteroatoms. The van der Waals surface area contributed by atoms with Crippen molar-refractivity contribution in [3.63, 3.8) is 0 Å². The predicted molar refractivity (Wildman–Crippen MR) is 126 cm³/mol. The molecule has 1 fully saturated rings. The molecule has 5 nitrogen and oxygen atoms in total. The third-order valence-corrected chi connectivity index (χ3v) is 6.04. The van der Waals surface area contributed by atoms with Gasteiger partial charge < -0.3 is 14.4 Å². The number of para-hydroxylation sites is 1. The van der Waals surface area contributed by atoms with E-state index in [4.69, 9.17) is 9.47 Å². The number of benzene rings is 2. The SMILES string of the molecule is COC(=O)C1CC(Oc2ccccc2F)CN1C(=O)c1cc(C(C)(C)C)cc(C(C)(C)C)c1. The Labute approximate surface area is 195 Å². The zero-order valence-corrected chi connectivity index (χ0v) is 20.6. The van der Waals surface area contributed by atoms with Crippen LogP contribution in [-0.2, 0) is 20.4 Å². The first-order valence-electron chi connectivity index (χ1n) is 11.3. The number of ether oxygens (including phenoxy) is 2. The van der Waals surface area contributed by atoms with Gasteiger partial charge in [-0.15, -0.1) is 0 Å². The summed E-state index contributed by atoms with van der Waals surface area (Å²) in [5, 5.41) is 0. The Balaban J connectivity index is 1.96. The first-order valence-corrected chi connectivity index (χ1v) is 11.3. The number of hydrogen-bond donors (Lipinski definition) is 0. The molecule has 1 aliphatic rings. The van der Waals surface area contributed by atoms with Crippen molar-refractivity contribution in [1.29, 1.82) is 0 Å². The van der Waals surface area contributed by atoms with Gasteiger partial charge in [-0.05, 0) is 46.2 Å². The monoisotopic (exact) mass is 455 g/mol. The Morgan fingerprint density at radius 2 is 1.55 bits per heavy atom. The number of esters is 1. The van der Waals surface area contributed by atoms with Crippen LogP contribution in [0.5, 0.6) is 5.75 Å². The molecule has 2 aromatic carbocycles. The summed E-state index contributed by atoms with van der Waals surface area (Å²) in [6, 6.07) is 11.3. The van der Waals surface area contributed by atoms with Crippen LogP contribution in [0, 0.1) is 5.82 Å². The van der Waals surface area contributed by atoms with Gasteiger partial charge in [0.15, 0.2) is 11.6 Å². The summed E-state index contributed by atoms with van der Waals surface area (Å²) in [6.07, 6.45) is -0.291. The first-order chi connectivity index (χ1) is 15.3. The molecule has 3 rings (SSSR count). The van der Waals surface area contributed by atoms with Crippen LogP contribution in [-0.4, -0.2) is 42.6 Å². The maximum atomic E-state index is 14.1. The second-order valence-electron chi connectivity index (χ2n) is 10.7. The standard InChI is InChI=1S/C27H34FNO4/c1-26(2,3)18-12-17(13-19(14-18)27(4,5)6)24(30)29-16-20(15-22(29)25(31)32-7)33-23-11-9-8-10-21(23)28/h8-14,20,22H,15-16H2,1-7H3. The number of methoxy groups -OCH3 is 1. The molecule has 0 spiro atoms. The number of likely N-dealkylation sites (tertiary alicyclic amines) is 1. The van der Waals surface area contributed by atoms with Crippen LogP contribution in [0.15, 0.2) is 42.5 Å². The molecule has 2 unspecified atom stereocenters. The summed E-state index contributed by atoms with van der Waals surface area (Å²) >= 11 is 0. The minimum absolute atomic E-state index is 0.102. The van der Waals surface area contributed by atoms with E-state index >= 15 is 0 Å². The summed E-state index contributed by atoms with van der Waals surface area (Å²) in [5.41, 5.74) is 2.31. The molecule has 0 radical (unpaired) electrons. The molecule has 33 heavy (non-hydrogen) atoms. The highest BCUT2D eigenvalue weighted by Crippen LogP contribution is 2.32. The van der Waals surface area contributed by atoms with E-state index in [2.05, 4.69) is 47.6 Å². The highest BCUT2D eigenvalue weighted by atomic mass is 19.1. The molecular formula is C27H34FNO4. The van der Waals surface area contributed by atoms with Crippen molar-refractivity contribution in [2.24, 2.45) is 0 Å². The lowest BCUT2D eigenvalue weighted by Gasteiger charge is -2.28. The van der Waals surface area contributed by atoms with E-state index in [1.54, 1.807) is 12.1 Å². The van der Waals surface area contributed by atoms with Crippen molar-refractivity contribution in [3.05, 3.63) is 65.0 Å². The van der Waals surface area contributed by atoms with Gasteiger partial charge in [0.25, 0.3) is 5.91 Å². The predicted octanol–water partition coefficient (Wildman–Crippen LogP) is 5.26. The van der Waals surface area contributed by atoms with Crippen molar-refractivity contribution < 1.29 is 23.5 Å². The Morgan fingerprint density at radius 3 is 2.06 bits per heavy atom. The number of carbonyl (C=O) groups is 2. The quantitative estimate of drug-likeness (QED) is 0.591. The molecule has 0 N–H and O–H groups in total. The molecule has 178 valence electrons. The number of rotatable bonds is 4. The fraction of sp³-hybridized carbons (Fsp3) is 0.481. The van der Waals surface area contributed by atoms with E-state index in [0.717, 1.165) is 11.1 Å². The van der Waals surface area contributed by atoms with Crippen molar-refractivity contribution in [3.8, 4) is 5.75 Å². The molecule has 1 heterocycles. The molecular weight excluding hydrogens is 421 g/mol. The zero-order chi connectivity index (χ0) is 24.6. The molecule has 0 aliphatic carbocycles.